The van der Waals surface area contributed by atoms with Crippen molar-refractivity contribution in [2.24, 2.45) is 5.92 Å². The topological polar surface area (TPSA) is 237 Å². The van der Waals surface area contributed by atoms with Crippen molar-refractivity contribution < 1.29 is 80.2 Å². The second kappa shape index (κ2) is 64.4. The SMILES string of the molecule is CCCCCCCCCCCCCC(=O)OC[C@H](COP(=O)(O)OC[C@@H](O)COP(=O)(O)OC[C@@H](COC(=O)CCCCCCCCCC)OC(=O)CCCCCCCCCCC)OC(=O)CCCCCCCCCCCCCCCCCCCCC(C)CC. The van der Waals surface area contributed by atoms with E-state index in [9.17, 15) is 43.2 Å². The molecular formula is C71H138O17P2. The maximum atomic E-state index is 13.0. The number of phosphoric ester groups is 2. The molecule has 3 N–H and O–H groups in total. The van der Waals surface area contributed by atoms with E-state index >= 15 is 0 Å². The van der Waals surface area contributed by atoms with E-state index in [1.807, 2.05) is 0 Å². The van der Waals surface area contributed by atoms with Crippen LogP contribution in [0.2, 0.25) is 0 Å². The molecule has 19 heteroatoms. The second-order valence-electron chi connectivity index (χ2n) is 25.9. The summed E-state index contributed by atoms with van der Waals surface area (Å²) in [5, 5.41) is 10.6. The first-order chi connectivity index (χ1) is 43.6. The zero-order valence-electron chi connectivity index (χ0n) is 58.3. The molecular weight excluding hydrogens is 1190 g/mol. The Hall–Kier alpha value is -1.94. The van der Waals surface area contributed by atoms with Crippen LogP contribution in [0.15, 0.2) is 0 Å². The number of unbranched alkanes of at least 4 members (excludes halogenated alkanes) is 42. The highest BCUT2D eigenvalue weighted by molar-refractivity contribution is 7.47. The summed E-state index contributed by atoms with van der Waals surface area (Å²) >= 11 is 0. The van der Waals surface area contributed by atoms with Gasteiger partial charge in [-0.1, -0.05) is 317 Å². The van der Waals surface area contributed by atoms with Gasteiger partial charge in [-0.25, -0.2) is 9.13 Å². The Labute approximate surface area is 549 Å². The van der Waals surface area contributed by atoms with Gasteiger partial charge >= 0.3 is 39.5 Å². The summed E-state index contributed by atoms with van der Waals surface area (Å²) in [6.45, 7) is 7.27. The molecule has 0 aromatic heterocycles. The van der Waals surface area contributed by atoms with Crippen molar-refractivity contribution in [3.8, 4) is 0 Å². The molecule has 0 aliphatic carbocycles. The molecule has 90 heavy (non-hydrogen) atoms. The Balaban J connectivity index is 5.11. The van der Waals surface area contributed by atoms with Crippen LogP contribution in [0.25, 0.3) is 0 Å². The summed E-state index contributed by atoms with van der Waals surface area (Å²) < 4.78 is 68.1. The molecule has 0 bridgehead atoms. The molecule has 0 saturated heterocycles. The van der Waals surface area contributed by atoms with Gasteiger partial charge in [-0.05, 0) is 31.6 Å². The minimum Gasteiger partial charge on any atom is -0.462 e. The third kappa shape index (κ3) is 63.5. The van der Waals surface area contributed by atoms with Crippen molar-refractivity contribution in [2.75, 3.05) is 39.6 Å². The number of hydrogen-bond donors (Lipinski definition) is 3. The fraction of sp³-hybridized carbons (Fsp3) is 0.944. The molecule has 0 radical (unpaired) electrons. The van der Waals surface area contributed by atoms with Crippen molar-refractivity contribution in [1.82, 2.24) is 0 Å². The lowest BCUT2D eigenvalue weighted by molar-refractivity contribution is -0.161. The quantitative estimate of drug-likeness (QED) is 0.0222. The van der Waals surface area contributed by atoms with E-state index in [-0.39, 0.29) is 25.7 Å². The van der Waals surface area contributed by atoms with Crippen LogP contribution in [0.3, 0.4) is 0 Å². The Morgan fingerprint density at radius 1 is 0.311 bits per heavy atom. The van der Waals surface area contributed by atoms with Gasteiger partial charge in [0, 0.05) is 25.7 Å². The van der Waals surface area contributed by atoms with Gasteiger partial charge in [0.25, 0.3) is 0 Å². The molecule has 0 heterocycles. The van der Waals surface area contributed by atoms with Crippen molar-refractivity contribution >= 4 is 39.5 Å². The van der Waals surface area contributed by atoms with Crippen LogP contribution in [0.4, 0.5) is 0 Å². The number of ether oxygens (including phenoxy) is 4. The molecule has 3 unspecified atom stereocenters. The number of esters is 4. The molecule has 0 amide bonds. The van der Waals surface area contributed by atoms with Crippen LogP contribution in [0.5, 0.6) is 0 Å². The molecule has 0 spiro atoms. The van der Waals surface area contributed by atoms with Gasteiger partial charge in [0.15, 0.2) is 12.2 Å². The molecule has 0 fully saturated rings. The first kappa shape index (κ1) is 88.1. The highest BCUT2D eigenvalue weighted by Crippen LogP contribution is 2.45. The summed E-state index contributed by atoms with van der Waals surface area (Å²) in [5.41, 5.74) is 0. The summed E-state index contributed by atoms with van der Waals surface area (Å²) in [7, 11) is -9.89. The van der Waals surface area contributed by atoms with Gasteiger partial charge in [0.05, 0.1) is 26.4 Å². The molecule has 0 saturated carbocycles. The van der Waals surface area contributed by atoms with E-state index in [1.165, 1.54) is 186 Å². The summed E-state index contributed by atoms with van der Waals surface area (Å²) in [6, 6.07) is 0. The Morgan fingerprint density at radius 3 is 0.789 bits per heavy atom. The Bertz CT molecular complexity index is 1740. The van der Waals surface area contributed by atoms with E-state index < -0.39 is 97.5 Å². The van der Waals surface area contributed by atoms with Crippen LogP contribution in [-0.4, -0.2) is 96.7 Å². The predicted octanol–water partition coefficient (Wildman–Crippen LogP) is 20.5. The molecule has 0 aromatic rings. The first-order valence-corrected chi connectivity index (χ1v) is 40.2. The Kier molecular flexibility index (Phi) is 63.0. The molecule has 0 aromatic carbocycles. The first-order valence-electron chi connectivity index (χ1n) is 37.2. The maximum Gasteiger partial charge on any atom is 0.472 e. The maximum absolute atomic E-state index is 13.0. The number of aliphatic hydroxyl groups is 1. The second-order valence-corrected chi connectivity index (χ2v) is 28.8. The number of phosphoric acid groups is 2. The highest BCUT2D eigenvalue weighted by Gasteiger charge is 2.30. The Morgan fingerprint density at radius 2 is 0.533 bits per heavy atom. The van der Waals surface area contributed by atoms with Gasteiger partial charge < -0.3 is 33.8 Å². The minimum absolute atomic E-state index is 0.106. The van der Waals surface area contributed by atoms with E-state index in [2.05, 4.69) is 34.6 Å². The van der Waals surface area contributed by atoms with Crippen LogP contribution < -0.4 is 0 Å². The smallest absolute Gasteiger partial charge is 0.462 e. The predicted molar refractivity (Wildman–Crippen MR) is 363 cm³/mol. The molecule has 0 aliphatic rings. The lowest BCUT2D eigenvalue weighted by Gasteiger charge is -2.21. The normalized spacial score (nSPS) is 14.4. The summed E-state index contributed by atoms with van der Waals surface area (Å²) in [6.07, 6.45) is 51.4. The van der Waals surface area contributed by atoms with Crippen LogP contribution in [0.1, 0.15) is 369 Å². The number of carbonyl (C=O) groups excluding carboxylic acids is 4. The van der Waals surface area contributed by atoms with Gasteiger partial charge in [0.2, 0.25) is 0 Å². The monoisotopic (exact) mass is 1320 g/mol. The average molecular weight is 1330 g/mol. The third-order valence-electron chi connectivity index (χ3n) is 16.9. The number of aliphatic hydroxyl groups excluding tert-OH is 1. The van der Waals surface area contributed by atoms with Crippen LogP contribution in [0, 0.1) is 5.92 Å². The average Bonchev–Trinajstić information content (AvgIpc) is 3.07. The summed E-state index contributed by atoms with van der Waals surface area (Å²) in [5.74, 6) is -1.25. The van der Waals surface area contributed by atoms with Gasteiger partial charge in [-0.3, -0.25) is 37.3 Å². The van der Waals surface area contributed by atoms with E-state index in [4.69, 9.17) is 37.0 Å². The van der Waals surface area contributed by atoms with E-state index in [0.717, 1.165) is 102 Å². The van der Waals surface area contributed by atoms with Gasteiger partial charge in [-0.2, -0.15) is 0 Å². The lowest BCUT2D eigenvalue weighted by Crippen LogP contribution is -2.30. The molecule has 17 nitrogen and oxygen atoms in total. The molecule has 0 aliphatic heterocycles. The fourth-order valence-electron chi connectivity index (χ4n) is 10.8. The zero-order valence-corrected chi connectivity index (χ0v) is 60.1. The summed E-state index contributed by atoms with van der Waals surface area (Å²) in [4.78, 5) is 72.3. The van der Waals surface area contributed by atoms with E-state index in [1.54, 1.807) is 0 Å². The largest absolute Gasteiger partial charge is 0.472 e. The molecule has 6 atom stereocenters. The third-order valence-corrected chi connectivity index (χ3v) is 18.8. The van der Waals surface area contributed by atoms with Crippen molar-refractivity contribution in [2.45, 2.75) is 387 Å². The molecule has 534 valence electrons. The van der Waals surface area contributed by atoms with Crippen LogP contribution >= 0.6 is 15.6 Å². The van der Waals surface area contributed by atoms with E-state index in [0.29, 0.717) is 25.7 Å². The fourth-order valence-corrected chi connectivity index (χ4v) is 12.4. The highest BCUT2D eigenvalue weighted by atomic mass is 31.2. The van der Waals surface area contributed by atoms with Gasteiger partial charge in [-0.15, -0.1) is 0 Å². The lowest BCUT2D eigenvalue weighted by atomic mass is 9.99. The number of carbonyl (C=O) groups is 4. The van der Waals surface area contributed by atoms with Crippen molar-refractivity contribution in [3.05, 3.63) is 0 Å². The number of hydrogen-bond acceptors (Lipinski definition) is 15. The van der Waals surface area contributed by atoms with Crippen molar-refractivity contribution in [3.63, 3.8) is 0 Å². The minimum atomic E-state index is -4.95. The zero-order chi connectivity index (χ0) is 66.3. The van der Waals surface area contributed by atoms with Crippen LogP contribution in [-0.2, 0) is 65.4 Å². The number of rotatable bonds is 71. The van der Waals surface area contributed by atoms with Crippen molar-refractivity contribution in [1.29, 1.82) is 0 Å². The molecule has 0 rings (SSSR count). The standard InChI is InChI=1S/C71H138O17P2/c1-6-10-13-16-19-22-31-36-40-45-50-55-69(74)82-61-67(88-71(76)57-52-47-42-37-33-30-28-26-24-23-25-27-29-32-35-38-43-48-53-64(5)9-4)63-86-90(79,80)84-59-65(72)58-83-89(77,78)85-62-66(60-81-68(73)54-49-44-39-21-18-15-12-8-3)87-70(75)56-51-46-41-34-20-17-14-11-7-2/h64-67,72H,6-63H2,1-5H3,(H,77,78)(H,79,80)/t64?,65-,66+,67+/m0/s1. The van der Waals surface area contributed by atoms with Gasteiger partial charge in [0.1, 0.15) is 19.3 Å².